The van der Waals surface area contributed by atoms with Crippen LogP contribution >= 0.6 is 11.6 Å². The van der Waals surface area contributed by atoms with Crippen molar-refractivity contribution in [3.63, 3.8) is 0 Å². The fraction of sp³-hybridized carbons (Fsp3) is 0.333. The van der Waals surface area contributed by atoms with Gasteiger partial charge in [0.15, 0.2) is 0 Å². The van der Waals surface area contributed by atoms with Crippen LogP contribution in [0.4, 0.5) is 24.5 Å². The van der Waals surface area contributed by atoms with Gasteiger partial charge in [-0.15, -0.1) is 0 Å². The predicted octanol–water partition coefficient (Wildman–Crippen LogP) is 3.76. The second-order valence-corrected chi connectivity index (χ2v) is 6.67. The van der Waals surface area contributed by atoms with Crippen LogP contribution in [0.25, 0.3) is 0 Å². The molecule has 1 aromatic carbocycles. The SMILES string of the molecule is CN1CCN(c2ccc(NC(=O)c3cccnc3Cl)c(C(F)(F)F)c2)CC1. The molecule has 0 unspecified atom stereocenters. The molecule has 9 heteroatoms. The first-order chi connectivity index (χ1) is 12.8. The van der Waals surface area contributed by atoms with E-state index in [-0.39, 0.29) is 16.4 Å². The lowest BCUT2D eigenvalue weighted by molar-refractivity contribution is -0.136. The van der Waals surface area contributed by atoms with Gasteiger partial charge in [-0.25, -0.2) is 4.98 Å². The van der Waals surface area contributed by atoms with Gasteiger partial charge in [-0.2, -0.15) is 13.2 Å². The predicted molar refractivity (Wildman–Crippen MR) is 98.4 cm³/mol. The molecule has 5 nitrogen and oxygen atoms in total. The van der Waals surface area contributed by atoms with Crippen LogP contribution in [0.15, 0.2) is 36.5 Å². The minimum absolute atomic E-state index is 0.00966. The Morgan fingerprint density at radius 3 is 2.52 bits per heavy atom. The highest BCUT2D eigenvalue weighted by Crippen LogP contribution is 2.37. The minimum atomic E-state index is -4.61. The molecule has 1 N–H and O–H groups in total. The van der Waals surface area contributed by atoms with E-state index in [1.807, 2.05) is 11.9 Å². The van der Waals surface area contributed by atoms with Gasteiger partial charge in [0.2, 0.25) is 0 Å². The van der Waals surface area contributed by atoms with E-state index in [2.05, 4.69) is 15.2 Å². The summed E-state index contributed by atoms with van der Waals surface area (Å²) in [5.41, 5.74) is -0.721. The van der Waals surface area contributed by atoms with Crippen molar-refractivity contribution < 1.29 is 18.0 Å². The van der Waals surface area contributed by atoms with Gasteiger partial charge in [0.1, 0.15) is 5.15 Å². The fourth-order valence-electron chi connectivity index (χ4n) is 2.88. The normalized spacial score (nSPS) is 15.7. The van der Waals surface area contributed by atoms with Crippen LogP contribution in [0, 0.1) is 0 Å². The van der Waals surface area contributed by atoms with Gasteiger partial charge in [-0.3, -0.25) is 4.79 Å². The van der Waals surface area contributed by atoms with Gasteiger partial charge >= 0.3 is 6.18 Å². The lowest BCUT2D eigenvalue weighted by atomic mass is 10.1. The molecule has 0 radical (unpaired) electrons. The number of hydrogen-bond donors (Lipinski definition) is 1. The van der Waals surface area contributed by atoms with Crippen LogP contribution in [-0.2, 0) is 6.18 Å². The first kappa shape index (κ1) is 19.4. The average molecular weight is 399 g/mol. The largest absolute Gasteiger partial charge is 0.418 e. The second kappa shape index (κ2) is 7.74. The van der Waals surface area contributed by atoms with Crippen molar-refractivity contribution in [3.05, 3.63) is 52.8 Å². The number of carbonyl (C=O) groups is 1. The van der Waals surface area contributed by atoms with Gasteiger partial charge in [0, 0.05) is 38.1 Å². The van der Waals surface area contributed by atoms with Gasteiger partial charge in [0.25, 0.3) is 5.91 Å². The first-order valence-electron chi connectivity index (χ1n) is 8.32. The number of rotatable bonds is 3. The Morgan fingerprint density at radius 2 is 1.89 bits per heavy atom. The minimum Gasteiger partial charge on any atom is -0.369 e. The summed E-state index contributed by atoms with van der Waals surface area (Å²) >= 11 is 5.85. The zero-order valence-corrected chi connectivity index (χ0v) is 15.3. The number of benzene rings is 1. The van der Waals surface area contributed by atoms with Crippen LogP contribution in [0.3, 0.4) is 0 Å². The molecule has 144 valence electrons. The molecule has 1 amide bonds. The number of halogens is 4. The first-order valence-corrected chi connectivity index (χ1v) is 8.70. The molecule has 1 fully saturated rings. The zero-order chi connectivity index (χ0) is 19.6. The summed E-state index contributed by atoms with van der Waals surface area (Å²) in [6.45, 7) is 2.84. The summed E-state index contributed by atoms with van der Waals surface area (Å²) in [4.78, 5) is 20.1. The van der Waals surface area contributed by atoms with Gasteiger partial charge in [0.05, 0.1) is 16.8 Å². The summed E-state index contributed by atoms with van der Waals surface area (Å²) in [6.07, 6.45) is -3.21. The third-order valence-corrected chi connectivity index (χ3v) is 4.73. The van der Waals surface area contributed by atoms with Crippen molar-refractivity contribution in [2.45, 2.75) is 6.18 Å². The molecule has 0 aliphatic carbocycles. The highest BCUT2D eigenvalue weighted by molar-refractivity contribution is 6.33. The van der Waals surface area contributed by atoms with Crippen LogP contribution < -0.4 is 10.2 Å². The number of carbonyl (C=O) groups excluding carboxylic acids is 1. The third kappa shape index (κ3) is 4.51. The van der Waals surface area contributed by atoms with E-state index in [0.29, 0.717) is 18.8 Å². The zero-order valence-electron chi connectivity index (χ0n) is 14.6. The van der Waals surface area contributed by atoms with Crippen molar-refractivity contribution in [3.8, 4) is 0 Å². The molecule has 1 aromatic heterocycles. The molecule has 1 saturated heterocycles. The Bertz CT molecular complexity index is 836. The molecular formula is C18H18ClF3N4O. The number of anilines is 2. The van der Waals surface area contributed by atoms with Crippen molar-refractivity contribution in [1.82, 2.24) is 9.88 Å². The summed E-state index contributed by atoms with van der Waals surface area (Å²) < 4.78 is 40.7. The van der Waals surface area contributed by atoms with E-state index in [4.69, 9.17) is 11.6 Å². The summed E-state index contributed by atoms with van der Waals surface area (Å²) in [5, 5.41) is 2.23. The Hall–Kier alpha value is -2.32. The molecule has 27 heavy (non-hydrogen) atoms. The average Bonchev–Trinajstić information content (AvgIpc) is 2.62. The Kier molecular flexibility index (Phi) is 5.57. The lowest BCUT2D eigenvalue weighted by Gasteiger charge is -2.34. The number of amides is 1. The molecule has 1 aliphatic rings. The number of nitrogens with zero attached hydrogens (tertiary/aromatic N) is 3. The highest BCUT2D eigenvalue weighted by atomic mass is 35.5. The molecule has 1 aliphatic heterocycles. The van der Waals surface area contributed by atoms with E-state index in [0.717, 1.165) is 19.2 Å². The van der Waals surface area contributed by atoms with Crippen molar-refractivity contribution in [2.75, 3.05) is 43.4 Å². The summed E-state index contributed by atoms with van der Waals surface area (Å²) in [7, 11) is 1.97. The Balaban J connectivity index is 1.89. The highest BCUT2D eigenvalue weighted by Gasteiger charge is 2.35. The Labute approximate surface area is 159 Å². The van der Waals surface area contributed by atoms with Crippen molar-refractivity contribution in [2.24, 2.45) is 0 Å². The van der Waals surface area contributed by atoms with Crippen LogP contribution in [-0.4, -0.2) is 49.0 Å². The van der Waals surface area contributed by atoms with E-state index in [1.165, 1.54) is 24.4 Å². The number of alkyl halides is 3. The monoisotopic (exact) mass is 398 g/mol. The summed E-state index contributed by atoms with van der Waals surface area (Å²) in [5.74, 6) is -0.744. The molecule has 0 atom stereocenters. The molecule has 3 rings (SSSR count). The Morgan fingerprint density at radius 1 is 1.19 bits per heavy atom. The smallest absolute Gasteiger partial charge is 0.369 e. The van der Waals surface area contributed by atoms with E-state index in [9.17, 15) is 18.0 Å². The van der Waals surface area contributed by atoms with Crippen LogP contribution in [0.1, 0.15) is 15.9 Å². The standard InChI is InChI=1S/C18H18ClF3N4O/c1-25-7-9-26(10-8-25)12-4-5-15(14(11-12)18(20,21)22)24-17(27)13-3-2-6-23-16(13)19/h2-6,11H,7-10H2,1H3,(H,24,27). The van der Waals surface area contributed by atoms with E-state index < -0.39 is 17.6 Å². The molecule has 0 saturated carbocycles. The maximum Gasteiger partial charge on any atom is 0.418 e. The van der Waals surface area contributed by atoms with Gasteiger partial charge in [-0.05, 0) is 37.4 Å². The molecule has 2 heterocycles. The quantitative estimate of drug-likeness (QED) is 0.800. The number of aromatic nitrogens is 1. The summed E-state index contributed by atoms with van der Waals surface area (Å²) in [6, 6.07) is 6.82. The van der Waals surface area contributed by atoms with Crippen LogP contribution in [0.5, 0.6) is 0 Å². The second-order valence-electron chi connectivity index (χ2n) is 6.31. The number of nitrogens with one attached hydrogen (secondary N) is 1. The topological polar surface area (TPSA) is 48.5 Å². The molecule has 0 bridgehead atoms. The number of likely N-dealkylation sites (N-methyl/N-ethyl adjacent to an activating group) is 1. The van der Waals surface area contributed by atoms with E-state index in [1.54, 1.807) is 6.07 Å². The van der Waals surface area contributed by atoms with Crippen molar-refractivity contribution >= 4 is 28.9 Å². The molecule has 0 spiro atoms. The van der Waals surface area contributed by atoms with Crippen LogP contribution in [0.2, 0.25) is 5.15 Å². The van der Waals surface area contributed by atoms with Gasteiger partial charge in [-0.1, -0.05) is 11.6 Å². The van der Waals surface area contributed by atoms with Crippen molar-refractivity contribution in [1.29, 1.82) is 0 Å². The third-order valence-electron chi connectivity index (χ3n) is 4.43. The maximum atomic E-state index is 13.6. The number of pyridine rings is 1. The molecular weight excluding hydrogens is 381 g/mol. The van der Waals surface area contributed by atoms with Gasteiger partial charge < -0.3 is 15.1 Å². The maximum absolute atomic E-state index is 13.6. The molecule has 2 aromatic rings. The number of hydrogen-bond acceptors (Lipinski definition) is 4. The fourth-order valence-corrected chi connectivity index (χ4v) is 3.09. The van der Waals surface area contributed by atoms with E-state index >= 15 is 0 Å². The lowest BCUT2D eigenvalue weighted by Crippen LogP contribution is -2.44. The number of piperazine rings is 1.